The van der Waals surface area contributed by atoms with Crippen LogP contribution in [0.3, 0.4) is 0 Å². The Balaban J connectivity index is 0. The first-order chi connectivity index (χ1) is 6.88. The minimum absolute atomic E-state index is 0. The molecule has 96 valence electrons. The van der Waals surface area contributed by atoms with Gasteiger partial charge in [-0.15, -0.1) is 12.4 Å². The smallest absolute Gasteiger partial charge is 0.240 e. The molecular formula is C9H18BrClN2O3. The number of imide groups is 1. The van der Waals surface area contributed by atoms with Crippen molar-refractivity contribution in [3.8, 4) is 0 Å². The van der Waals surface area contributed by atoms with Crippen molar-refractivity contribution in [3.05, 3.63) is 0 Å². The molecule has 0 saturated carbocycles. The number of hydrogen-bond donors (Lipinski definition) is 1. The summed E-state index contributed by atoms with van der Waals surface area (Å²) in [5.41, 5.74) is 0. The molecule has 1 N–H and O–H groups in total. The zero-order valence-corrected chi connectivity index (χ0v) is 12.2. The molecule has 2 amide bonds. The highest BCUT2D eigenvalue weighted by molar-refractivity contribution is 9.10. The van der Waals surface area contributed by atoms with Crippen molar-refractivity contribution in [1.29, 1.82) is 0 Å². The third-order valence-electron chi connectivity index (χ3n) is 1.98. The molecular weight excluding hydrogens is 299 g/mol. The van der Waals surface area contributed by atoms with Crippen LogP contribution in [0.25, 0.3) is 0 Å². The molecule has 5 nitrogen and oxygen atoms in total. The van der Waals surface area contributed by atoms with E-state index in [1.54, 1.807) is 7.11 Å². The van der Waals surface area contributed by atoms with Gasteiger partial charge in [-0.3, -0.25) is 19.8 Å². The quantitative estimate of drug-likeness (QED) is 0.464. The first-order valence-electron chi connectivity index (χ1n) is 4.55. The van der Waals surface area contributed by atoms with Gasteiger partial charge in [0.25, 0.3) is 0 Å². The van der Waals surface area contributed by atoms with Crippen LogP contribution in [-0.4, -0.2) is 49.0 Å². The summed E-state index contributed by atoms with van der Waals surface area (Å²) in [6.45, 7) is 2.00. The van der Waals surface area contributed by atoms with Crippen LogP contribution in [0.5, 0.6) is 0 Å². The zero-order chi connectivity index (χ0) is 12.0. The predicted molar refractivity (Wildman–Crippen MR) is 67.9 cm³/mol. The van der Waals surface area contributed by atoms with E-state index < -0.39 is 0 Å². The fourth-order valence-electron chi connectivity index (χ4n) is 0.733. The highest BCUT2D eigenvalue weighted by Crippen LogP contribution is 2.10. The summed E-state index contributed by atoms with van der Waals surface area (Å²) in [6, 6.07) is 0. The van der Waals surface area contributed by atoms with Crippen molar-refractivity contribution in [2.75, 3.05) is 21.2 Å². The molecule has 0 aromatic heterocycles. The molecule has 1 rings (SSSR count). The van der Waals surface area contributed by atoms with Crippen LogP contribution >= 0.6 is 28.3 Å². The van der Waals surface area contributed by atoms with E-state index in [1.807, 2.05) is 25.9 Å². The SMILES string of the molecule is COC(C)N(C)C.Cl.O=C1CC(Br)C(=O)N1. The zero-order valence-electron chi connectivity index (χ0n) is 9.82. The van der Waals surface area contributed by atoms with E-state index in [1.165, 1.54) is 0 Å². The molecule has 1 aliphatic heterocycles. The van der Waals surface area contributed by atoms with Crippen molar-refractivity contribution in [2.24, 2.45) is 0 Å². The van der Waals surface area contributed by atoms with Gasteiger partial charge in [-0.2, -0.15) is 0 Å². The number of alkyl halides is 1. The van der Waals surface area contributed by atoms with Gasteiger partial charge >= 0.3 is 0 Å². The van der Waals surface area contributed by atoms with Crippen molar-refractivity contribution in [3.63, 3.8) is 0 Å². The highest BCUT2D eigenvalue weighted by atomic mass is 79.9. The van der Waals surface area contributed by atoms with Gasteiger partial charge in [0.15, 0.2) is 0 Å². The summed E-state index contributed by atoms with van der Waals surface area (Å²) in [6.07, 6.45) is 0.513. The van der Waals surface area contributed by atoms with Gasteiger partial charge in [0.05, 0.1) is 0 Å². The maximum atomic E-state index is 10.4. The number of halogens is 2. The Morgan fingerprint density at radius 3 is 2.06 bits per heavy atom. The van der Waals surface area contributed by atoms with E-state index in [0.717, 1.165) is 0 Å². The first-order valence-corrected chi connectivity index (χ1v) is 5.47. The van der Waals surface area contributed by atoms with Crippen molar-refractivity contribution >= 4 is 40.2 Å². The number of nitrogens with zero attached hydrogens (tertiary/aromatic N) is 1. The lowest BCUT2D eigenvalue weighted by Crippen LogP contribution is -2.25. The number of nitrogens with one attached hydrogen (secondary N) is 1. The molecule has 2 unspecified atom stereocenters. The van der Waals surface area contributed by atoms with Gasteiger partial charge in [0.1, 0.15) is 11.1 Å². The van der Waals surface area contributed by atoms with Gasteiger partial charge in [0.2, 0.25) is 11.8 Å². The second-order valence-electron chi connectivity index (χ2n) is 3.38. The predicted octanol–water partition coefficient (Wildman–Crippen LogP) is 0.759. The maximum absolute atomic E-state index is 10.4. The van der Waals surface area contributed by atoms with E-state index in [9.17, 15) is 9.59 Å². The minimum Gasteiger partial charge on any atom is -0.367 e. The van der Waals surface area contributed by atoms with Crippen LogP contribution < -0.4 is 5.32 Å². The summed E-state index contributed by atoms with van der Waals surface area (Å²) in [5, 5.41) is 2.14. The standard InChI is InChI=1S/C5H13NO.C4H4BrNO2.ClH/c1-5(7-4)6(2)3;5-2-1-3(7)6-4(2)8;/h5H,1-4H3;2H,1H2,(H,6,7,8);1H. The lowest BCUT2D eigenvalue weighted by molar-refractivity contribution is -0.124. The molecule has 2 atom stereocenters. The van der Waals surface area contributed by atoms with Gasteiger partial charge in [0, 0.05) is 13.5 Å². The van der Waals surface area contributed by atoms with Gasteiger partial charge in [-0.05, 0) is 21.0 Å². The molecule has 1 aliphatic rings. The average Bonchev–Trinajstić information content (AvgIpc) is 2.43. The van der Waals surface area contributed by atoms with Crippen LogP contribution in [0.15, 0.2) is 0 Å². The van der Waals surface area contributed by atoms with E-state index in [0.29, 0.717) is 0 Å². The molecule has 1 saturated heterocycles. The number of rotatable bonds is 2. The monoisotopic (exact) mass is 316 g/mol. The van der Waals surface area contributed by atoms with Crippen molar-refractivity contribution in [2.45, 2.75) is 24.4 Å². The van der Waals surface area contributed by atoms with Gasteiger partial charge in [-0.1, -0.05) is 15.9 Å². The molecule has 0 bridgehead atoms. The van der Waals surface area contributed by atoms with E-state index in [4.69, 9.17) is 4.74 Å². The molecule has 1 fully saturated rings. The van der Waals surface area contributed by atoms with E-state index in [-0.39, 0.29) is 41.7 Å². The Morgan fingerprint density at radius 1 is 1.50 bits per heavy atom. The molecule has 0 aliphatic carbocycles. The Hall–Kier alpha value is -0.170. The second-order valence-corrected chi connectivity index (χ2v) is 4.49. The molecule has 0 aromatic carbocycles. The van der Waals surface area contributed by atoms with Crippen molar-refractivity contribution < 1.29 is 14.3 Å². The lowest BCUT2D eigenvalue weighted by Gasteiger charge is -2.16. The Morgan fingerprint density at radius 2 is 2.00 bits per heavy atom. The molecule has 0 radical (unpaired) electrons. The Bertz CT molecular complexity index is 239. The largest absolute Gasteiger partial charge is 0.367 e. The van der Waals surface area contributed by atoms with Gasteiger partial charge < -0.3 is 4.74 Å². The fraction of sp³-hybridized carbons (Fsp3) is 0.778. The molecule has 0 spiro atoms. The van der Waals surface area contributed by atoms with Crippen LogP contribution in [-0.2, 0) is 14.3 Å². The molecule has 7 heteroatoms. The second kappa shape index (κ2) is 8.92. The Kier molecular flexibility index (Phi) is 10.2. The molecule has 0 aromatic rings. The van der Waals surface area contributed by atoms with E-state index in [2.05, 4.69) is 21.2 Å². The number of amides is 2. The third-order valence-corrected chi connectivity index (χ3v) is 2.72. The average molecular weight is 318 g/mol. The number of carbonyl (C=O) groups is 2. The summed E-state index contributed by atoms with van der Waals surface area (Å²) < 4.78 is 4.94. The first kappa shape index (κ1) is 18.2. The summed E-state index contributed by atoms with van der Waals surface area (Å²) >= 11 is 3.01. The van der Waals surface area contributed by atoms with Gasteiger partial charge in [-0.25, -0.2) is 0 Å². The summed E-state index contributed by atoms with van der Waals surface area (Å²) in [4.78, 5) is 22.4. The molecule has 1 heterocycles. The lowest BCUT2D eigenvalue weighted by atomic mass is 10.4. The number of methoxy groups -OCH3 is 1. The number of hydrogen-bond acceptors (Lipinski definition) is 4. The fourth-order valence-corrected chi connectivity index (χ4v) is 1.14. The molecule has 16 heavy (non-hydrogen) atoms. The van der Waals surface area contributed by atoms with Crippen molar-refractivity contribution in [1.82, 2.24) is 10.2 Å². The number of carbonyl (C=O) groups excluding carboxylic acids is 2. The topological polar surface area (TPSA) is 58.6 Å². The maximum Gasteiger partial charge on any atom is 0.240 e. The summed E-state index contributed by atoms with van der Waals surface area (Å²) in [5.74, 6) is -0.424. The minimum atomic E-state index is -0.296. The Labute approximate surface area is 110 Å². The third kappa shape index (κ3) is 7.16. The highest BCUT2D eigenvalue weighted by Gasteiger charge is 2.27. The number of ether oxygens (including phenoxy) is 1. The normalized spacial score (nSPS) is 20.8. The van der Waals surface area contributed by atoms with Crippen LogP contribution in [0.1, 0.15) is 13.3 Å². The van der Waals surface area contributed by atoms with Crippen LogP contribution in [0.2, 0.25) is 0 Å². The van der Waals surface area contributed by atoms with E-state index >= 15 is 0 Å². The van der Waals surface area contributed by atoms with Crippen LogP contribution in [0.4, 0.5) is 0 Å². The summed E-state index contributed by atoms with van der Waals surface area (Å²) in [7, 11) is 5.66. The van der Waals surface area contributed by atoms with Crippen LogP contribution in [0, 0.1) is 0 Å².